The highest BCUT2D eigenvalue weighted by molar-refractivity contribution is 6.35. The number of carboxylic acid groups (broad SMARTS) is 1. The lowest BCUT2D eigenvalue weighted by molar-refractivity contribution is -0.139. The summed E-state index contributed by atoms with van der Waals surface area (Å²) >= 11 is 12.6. The van der Waals surface area contributed by atoms with Crippen molar-refractivity contribution in [1.82, 2.24) is 0 Å². The molecule has 2 atom stereocenters. The maximum absolute atomic E-state index is 11.9. The van der Waals surface area contributed by atoms with Crippen LogP contribution in [0.5, 0.6) is 0 Å². The van der Waals surface area contributed by atoms with E-state index < -0.39 is 12.0 Å². The van der Waals surface area contributed by atoms with Gasteiger partial charge in [0.25, 0.3) is 6.08 Å². The lowest BCUT2D eigenvalue weighted by Crippen LogP contribution is -2.43. The molecular weight excluding hydrogens is 425 g/mol. The molecule has 30 heavy (non-hydrogen) atoms. The van der Waals surface area contributed by atoms with Gasteiger partial charge in [-0.3, -0.25) is 0 Å². The molecule has 0 saturated heterocycles. The average Bonchev–Trinajstić information content (AvgIpc) is 2.70. The molecule has 0 fully saturated rings. The molecule has 2 aromatic carbocycles. The molecule has 1 aliphatic heterocycles. The zero-order valence-electron chi connectivity index (χ0n) is 16.4. The van der Waals surface area contributed by atoms with Crippen LogP contribution in [0, 0.1) is 0 Å². The van der Waals surface area contributed by atoms with Crippen molar-refractivity contribution in [2.24, 2.45) is 10.8 Å². The van der Waals surface area contributed by atoms with Gasteiger partial charge in [-0.05, 0) is 73.4 Å². The molecule has 6 nitrogen and oxygen atoms in total. The molecule has 158 valence electrons. The van der Waals surface area contributed by atoms with E-state index in [1.54, 1.807) is 12.1 Å². The highest BCUT2D eigenvalue weighted by Gasteiger charge is 2.38. The van der Waals surface area contributed by atoms with E-state index in [0.717, 1.165) is 35.4 Å². The van der Waals surface area contributed by atoms with Crippen molar-refractivity contribution in [3.05, 3.63) is 63.1 Å². The van der Waals surface area contributed by atoms with E-state index in [-0.39, 0.29) is 12.3 Å². The van der Waals surface area contributed by atoms with E-state index in [9.17, 15) is 14.7 Å². The van der Waals surface area contributed by atoms with E-state index in [4.69, 9.17) is 28.9 Å². The minimum atomic E-state index is -1.07. The zero-order chi connectivity index (χ0) is 21.7. The summed E-state index contributed by atoms with van der Waals surface area (Å²) in [6.07, 6.45) is 5.33. The number of carbonyl (C=O) groups is 1. The van der Waals surface area contributed by atoms with Crippen LogP contribution in [-0.4, -0.2) is 29.7 Å². The van der Waals surface area contributed by atoms with Crippen molar-refractivity contribution < 1.29 is 14.7 Å². The van der Waals surface area contributed by atoms with Gasteiger partial charge in [-0.25, -0.2) is 14.6 Å². The first-order valence-electron chi connectivity index (χ1n) is 9.81. The molecule has 0 aliphatic carbocycles. The van der Waals surface area contributed by atoms with Gasteiger partial charge in [0.2, 0.25) is 0 Å². The number of isocyanates is 1. The van der Waals surface area contributed by atoms with Crippen LogP contribution in [0.4, 0.5) is 5.69 Å². The predicted octanol–water partition coefficient (Wildman–Crippen LogP) is 4.52. The third-order valence-corrected chi connectivity index (χ3v) is 5.92. The average molecular weight is 448 g/mol. The van der Waals surface area contributed by atoms with Crippen LogP contribution in [0.25, 0.3) is 0 Å². The van der Waals surface area contributed by atoms with Gasteiger partial charge in [0, 0.05) is 10.0 Å². The Hall–Kier alpha value is -2.37. The normalized spacial score (nSPS) is 17.9. The molecule has 0 spiro atoms. The molecule has 3 rings (SSSR count). The molecule has 1 heterocycles. The number of hydrogen-bond acceptors (Lipinski definition) is 5. The van der Waals surface area contributed by atoms with Gasteiger partial charge < -0.3 is 10.8 Å². The van der Waals surface area contributed by atoms with Crippen molar-refractivity contribution in [2.75, 3.05) is 11.6 Å². The number of anilines is 1. The smallest absolute Gasteiger partial charge is 0.328 e. The molecule has 3 N–H and O–H groups in total. The van der Waals surface area contributed by atoms with Gasteiger partial charge in [-0.15, -0.1) is 0 Å². The van der Waals surface area contributed by atoms with Crippen LogP contribution in [0.1, 0.15) is 41.9 Å². The molecule has 0 saturated carbocycles. The Bertz CT molecular complexity index is 959. The lowest BCUT2D eigenvalue weighted by Gasteiger charge is -2.37. The van der Waals surface area contributed by atoms with Gasteiger partial charge in [0.05, 0.1) is 5.69 Å². The monoisotopic (exact) mass is 447 g/mol. The Morgan fingerprint density at radius 2 is 1.90 bits per heavy atom. The van der Waals surface area contributed by atoms with Crippen molar-refractivity contribution in [1.29, 1.82) is 0 Å². The van der Waals surface area contributed by atoms with Crippen LogP contribution in [0.15, 0.2) is 41.5 Å². The van der Waals surface area contributed by atoms with E-state index in [0.29, 0.717) is 28.7 Å². The summed E-state index contributed by atoms with van der Waals surface area (Å²) in [6.45, 7) is 0.694. The maximum atomic E-state index is 11.9. The van der Waals surface area contributed by atoms with E-state index in [2.05, 4.69) is 29.4 Å². The number of halogens is 2. The molecule has 1 aliphatic rings. The third kappa shape index (κ3) is 5.02. The lowest BCUT2D eigenvalue weighted by atomic mass is 9.82. The topological polar surface area (TPSA) is 96.0 Å². The Morgan fingerprint density at radius 1 is 1.20 bits per heavy atom. The maximum Gasteiger partial charge on any atom is 0.328 e. The summed E-state index contributed by atoms with van der Waals surface area (Å²) in [5.74, 6) is -1.23. The van der Waals surface area contributed by atoms with E-state index in [1.807, 2.05) is 0 Å². The van der Waals surface area contributed by atoms with Gasteiger partial charge in [0.1, 0.15) is 0 Å². The van der Waals surface area contributed by atoms with Crippen molar-refractivity contribution >= 4 is 40.9 Å². The fraction of sp³-hybridized carbons (Fsp3) is 0.364. The van der Waals surface area contributed by atoms with E-state index >= 15 is 0 Å². The number of aliphatic carboxylic acids is 1. The fourth-order valence-electron chi connectivity index (χ4n) is 3.98. The van der Waals surface area contributed by atoms with E-state index in [1.165, 1.54) is 11.6 Å². The number of rotatable bonds is 8. The fourth-order valence-corrected chi connectivity index (χ4v) is 4.62. The number of fused-ring (bicyclic) bond motifs is 1. The Balaban J connectivity index is 1.92. The van der Waals surface area contributed by atoms with Crippen LogP contribution in [0.2, 0.25) is 10.0 Å². The van der Waals surface area contributed by atoms with Crippen LogP contribution >= 0.6 is 23.2 Å². The number of hydrazone groups is 1. The molecular formula is C22H23Cl2N3O3. The summed E-state index contributed by atoms with van der Waals surface area (Å²) in [5, 5.41) is 15.3. The Labute approximate surface area is 185 Å². The molecule has 0 unspecified atom stereocenters. The first-order valence-corrected chi connectivity index (χ1v) is 10.6. The van der Waals surface area contributed by atoms with Gasteiger partial charge in [-0.2, -0.15) is 0 Å². The molecule has 8 heteroatoms. The molecule has 2 aromatic rings. The molecule has 0 bridgehead atoms. The summed E-state index contributed by atoms with van der Waals surface area (Å²) in [4.78, 5) is 22.8. The highest BCUT2D eigenvalue weighted by atomic mass is 35.5. The largest absolute Gasteiger partial charge is 0.480 e. The number of nitrogens with zero attached hydrogens (tertiary/aromatic N) is 2. The minimum absolute atomic E-state index is 0.160. The number of carboxylic acids is 1. The zero-order valence-corrected chi connectivity index (χ0v) is 17.9. The number of nitrogens with two attached hydrogens (primary N) is 1. The molecule has 0 amide bonds. The second kappa shape index (κ2) is 10.1. The number of hydrogen-bond donors (Lipinski definition) is 2. The standard InChI is InChI=1S/C22H23Cl2N3O3/c23-17-11-18(24)21-16(9-15-6-4-14(5-7-15)3-1-2-8-25)10-20(22(29)30)27(26-13-28)19(21)12-17/h4-7,11-12,16,20H,1-3,8-10,25H2,(H,29,30)/t16-,20+/m0/s1. The number of unbranched alkanes of at least 4 members (excludes halogenated alkanes) is 1. The second-order valence-corrected chi connectivity index (χ2v) is 8.25. The quantitative estimate of drug-likeness (QED) is 0.352. The van der Waals surface area contributed by atoms with Crippen LogP contribution in [0.3, 0.4) is 0 Å². The van der Waals surface area contributed by atoms with Crippen molar-refractivity contribution in [3.63, 3.8) is 0 Å². The number of benzene rings is 2. The SMILES string of the molecule is NCCCCc1ccc(C[C@H]2C[C@H](C(=O)O)N(N=C=O)c3cc(Cl)cc(Cl)c32)cc1. The molecule has 0 radical (unpaired) electrons. The van der Waals surface area contributed by atoms with Crippen molar-refractivity contribution in [3.8, 4) is 0 Å². The number of carbonyl (C=O) groups excluding carboxylic acids is 1. The number of aryl methyl sites for hydroxylation is 1. The summed E-state index contributed by atoms with van der Waals surface area (Å²) in [7, 11) is 0. The van der Waals surface area contributed by atoms with Crippen LogP contribution in [-0.2, 0) is 22.4 Å². The second-order valence-electron chi connectivity index (χ2n) is 7.41. The first-order chi connectivity index (χ1) is 14.4. The van der Waals surface area contributed by atoms with Crippen molar-refractivity contribution in [2.45, 2.75) is 44.1 Å². The van der Waals surface area contributed by atoms with Gasteiger partial charge >= 0.3 is 5.97 Å². The first kappa shape index (κ1) is 22.3. The Morgan fingerprint density at radius 3 is 2.53 bits per heavy atom. The summed E-state index contributed by atoms with van der Waals surface area (Å²) in [6, 6.07) is 10.5. The summed E-state index contributed by atoms with van der Waals surface area (Å²) in [5.41, 5.74) is 9.05. The molecule has 0 aromatic heterocycles. The van der Waals surface area contributed by atoms with Crippen LogP contribution < -0.4 is 10.7 Å². The predicted molar refractivity (Wildman–Crippen MR) is 118 cm³/mol. The minimum Gasteiger partial charge on any atom is -0.480 e. The third-order valence-electron chi connectivity index (χ3n) is 5.39. The van der Waals surface area contributed by atoms with Gasteiger partial charge in [0.15, 0.2) is 6.04 Å². The summed E-state index contributed by atoms with van der Waals surface area (Å²) < 4.78 is 0. The van der Waals surface area contributed by atoms with Gasteiger partial charge in [-0.1, -0.05) is 52.6 Å². The highest BCUT2D eigenvalue weighted by Crippen LogP contribution is 2.45. The Kier molecular flexibility index (Phi) is 7.51.